The Bertz CT molecular complexity index is 803. The number of carbonyl (C=O) groups is 1. The highest BCUT2D eigenvalue weighted by Crippen LogP contribution is 2.22. The smallest absolute Gasteiger partial charge is 0.236 e. The number of nitrogens with one attached hydrogen (secondary N) is 1. The molecule has 0 unspecified atom stereocenters. The Morgan fingerprint density at radius 3 is 2.64 bits per heavy atom. The van der Waals surface area contributed by atoms with Crippen molar-refractivity contribution in [2.75, 3.05) is 25.1 Å². The Balaban J connectivity index is 1.66. The summed E-state index contributed by atoms with van der Waals surface area (Å²) in [5.74, 6) is 0.803. The number of likely N-dealkylation sites (N-methyl/N-ethyl adjacent to an activating group) is 1. The Morgan fingerprint density at radius 1 is 1.28 bits per heavy atom. The average molecular weight is 362 g/mol. The maximum absolute atomic E-state index is 12.5. The van der Waals surface area contributed by atoms with E-state index in [-0.39, 0.29) is 36.0 Å². The molecular formula is C18H22N2O4S. The van der Waals surface area contributed by atoms with Gasteiger partial charge in [0.1, 0.15) is 5.76 Å². The van der Waals surface area contributed by atoms with Crippen LogP contribution in [0.1, 0.15) is 23.8 Å². The first-order chi connectivity index (χ1) is 12.0. The number of sulfone groups is 1. The topological polar surface area (TPSA) is 79.6 Å². The van der Waals surface area contributed by atoms with E-state index < -0.39 is 9.84 Å². The summed E-state index contributed by atoms with van der Waals surface area (Å²) in [4.78, 5) is 14.0. The predicted octanol–water partition coefficient (Wildman–Crippen LogP) is 1.60. The van der Waals surface area contributed by atoms with Gasteiger partial charge in [0.05, 0.1) is 30.4 Å². The van der Waals surface area contributed by atoms with E-state index in [0.717, 1.165) is 11.3 Å². The van der Waals surface area contributed by atoms with Crippen LogP contribution in [0.4, 0.5) is 0 Å². The van der Waals surface area contributed by atoms with Crippen molar-refractivity contribution in [3.8, 4) is 0 Å². The van der Waals surface area contributed by atoms with Crippen molar-refractivity contribution in [3.63, 3.8) is 0 Å². The van der Waals surface area contributed by atoms with Crippen molar-refractivity contribution in [2.24, 2.45) is 0 Å². The van der Waals surface area contributed by atoms with Crippen molar-refractivity contribution >= 4 is 15.7 Å². The van der Waals surface area contributed by atoms with Crippen molar-refractivity contribution in [1.29, 1.82) is 0 Å². The number of rotatable bonds is 6. The zero-order valence-electron chi connectivity index (χ0n) is 14.1. The Morgan fingerprint density at radius 2 is 2.04 bits per heavy atom. The van der Waals surface area contributed by atoms with E-state index >= 15 is 0 Å². The first kappa shape index (κ1) is 17.7. The molecule has 3 rings (SSSR count). The van der Waals surface area contributed by atoms with Crippen LogP contribution in [-0.2, 0) is 14.6 Å². The number of amides is 1. The van der Waals surface area contributed by atoms with Crippen LogP contribution in [0.3, 0.4) is 0 Å². The number of hydrogen-bond acceptors (Lipinski definition) is 5. The molecule has 1 aromatic carbocycles. The first-order valence-corrected chi connectivity index (χ1v) is 10.1. The van der Waals surface area contributed by atoms with Crippen LogP contribution >= 0.6 is 0 Å². The second-order valence-corrected chi connectivity index (χ2v) is 8.53. The summed E-state index contributed by atoms with van der Waals surface area (Å²) < 4.78 is 28.7. The highest BCUT2D eigenvalue weighted by Gasteiger charge is 2.32. The van der Waals surface area contributed by atoms with Gasteiger partial charge >= 0.3 is 0 Å². The van der Waals surface area contributed by atoms with E-state index in [1.54, 1.807) is 18.2 Å². The minimum absolute atomic E-state index is 0.0511. The van der Waals surface area contributed by atoms with Gasteiger partial charge in [-0.25, -0.2) is 8.42 Å². The SMILES string of the molecule is CN(C(=O)CN[C@@H](c1ccccc1)c1ccco1)[C@H]1CCS(=O)(=O)C1. The van der Waals surface area contributed by atoms with Gasteiger partial charge in [0.15, 0.2) is 9.84 Å². The quantitative estimate of drug-likeness (QED) is 0.844. The molecule has 1 aliphatic heterocycles. The first-order valence-electron chi connectivity index (χ1n) is 8.24. The lowest BCUT2D eigenvalue weighted by Gasteiger charge is -2.25. The van der Waals surface area contributed by atoms with E-state index in [1.165, 1.54) is 0 Å². The normalized spacial score (nSPS) is 20.3. The molecule has 2 aromatic rings. The van der Waals surface area contributed by atoms with Gasteiger partial charge in [0.25, 0.3) is 0 Å². The minimum atomic E-state index is -3.01. The van der Waals surface area contributed by atoms with Crippen LogP contribution in [-0.4, -0.2) is 50.4 Å². The molecule has 1 saturated heterocycles. The van der Waals surface area contributed by atoms with E-state index in [9.17, 15) is 13.2 Å². The molecule has 2 heterocycles. The Hall–Kier alpha value is -2.12. The van der Waals surface area contributed by atoms with Gasteiger partial charge in [-0.15, -0.1) is 0 Å². The minimum Gasteiger partial charge on any atom is -0.467 e. The lowest BCUT2D eigenvalue weighted by atomic mass is 10.0. The zero-order chi connectivity index (χ0) is 17.9. The molecule has 6 nitrogen and oxygen atoms in total. The van der Waals surface area contributed by atoms with Gasteiger partial charge < -0.3 is 9.32 Å². The van der Waals surface area contributed by atoms with Gasteiger partial charge in [-0.05, 0) is 24.1 Å². The largest absolute Gasteiger partial charge is 0.467 e. The molecule has 0 radical (unpaired) electrons. The molecule has 134 valence electrons. The van der Waals surface area contributed by atoms with E-state index in [4.69, 9.17) is 4.42 Å². The average Bonchev–Trinajstić information content (AvgIpc) is 3.25. The Labute approximate surface area is 147 Å². The second-order valence-electron chi connectivity index (χ2n) is 6.30. The summed E-state index contributed by atoms with van der Waals surface area (Å²) in [5, 5.41) is 3.23. The van der Waals surface area contributed by atoms with E-state index in [2.05, 4.69) is 5.32 Å². The fraction of sp³-hybridized carbons (Fsp3) is 0.389. The van der Waals surface area contributed by atoms with Gasteiger partial charge in [-0.3, -0.25) is 10.1 Å². The number of nitrogens with zero attached hydrogens (tertiary/aromatic N) is 1. The summed E-state index contributed by atoms with van der Waals surface area (Å²) in [6.45, 7) is 0.104. The molecule has 1 amide bonds. The molecule has 25 heavy (non-hydrogen) atoms. The number of carbonyl (C=O) groups excluding carboxylic acids is 1. The highest BCUT2D eigenvalue weighted by atomic mass is 32.2. The predicted molar refractivity (Wildman–Crippen MR) is 94.8 cm³/mol. The second kappa shape index (κ2) is 7.41. The van der Waals surface area contributed by atoms with Gasteiger partial charge in [-0.2, -0.15) is 0 Å². The molecular weight excluding hydrogens is 340 g/mol. The fourth-order valence-corrected chi connectivity index (χ4v) is 4.86. The number of furan rings is 1. The third-order valence-corrected chi connectivity index (χ3v) is 6.32. The van der Waals surface area contributed by atoms with Crippen molar-refractivity contribution in [1.82, 2.24) is 10.2 Å². The van der Waals surface area contributed by atoms with Gasteiger partial charge in [0, 0.05) is 13.1 Å². The van der Waals surface area contributed by atoms with Crippen LogP contribution in [0.5, 0.6) is 0 Å². The molecule has 0 saturated carbocycles. The van der Waals surface area contributed by atoms with Crippen molar-refractivity contribution in [2.45, 2.75) is 18.5 Å². The van der Waals surface area contributed by atoms with Gasteiger partial charge in [0.2, 0.25) is 5.91 Å². The van der Waals surface area contributed by atoms with Crippen LogP contribution in [0.2, 0.25) is 0 Å². The summed E-state index contributed by atoms with van der Waals surface area (Å²) >= 11 is 0. The summed E-state index contributed by atoms with van der Waals surface area (Å²) in [5.41, 5.74) is 0.997. The van der Waals surface area contributed by atoms with E-state index in [1.807, 2.05) is 42.5 Å². The van der Waals surface area contributed by atoms with Crippen LogP contribution < -0.4 is 5.32 Å². The van der Waals surface area contributed by atoms with E-state index in [0.29, 0.717) is 6.42 Å². The third-order valence-electron chi connectivity index (χ3n) is 4.57. The molecule has 0 aliphatic carbocycles. The lowest BCUT2D eigenvalue weighted by Crippen LogP contribution is -2.43. The summed E-state index contributed by atoms with van der Waals surface area (Å²) in [7, 11) is -1.35. The van der Waals surface area contributed by atoms with Crippen molar-refractivity contribution < 1.29 is 17.6 Å². The molecule has 7 heteroatoms. The molecule has 1 fully saturated rings. The Kier molecular flexibility index (Phi) is 5.24. The molecule has 1 aliphatic rings. The standard InChI is InChI=1S/C18H22N2O4S/c1-20(15-9-11-25(22,23)13-15)17(21)12-19-18(16-8-5-10-24-16)14-6-3-2-4-7-14/h2-8,10,15,18-19H,9,11-13H2,1H3/t15-,18-/m0/s1. The molecule has 2 atom stereocenters. The molecule has 1 N–H and O–H groups in total. The number of hydrogen-bond donors (Lipinski definition) is 1. The fourth-order valence-electron chi connectivity index (χ4n) is 3.08. The van der Waals surface area contributed by atoms with Crippen LogP contribution in [0, 0.1) is 0 Å². The molecule has 0 bridgehead atoms. The van der Waals surface area contributed by atoms with Crippen molar-refractivity contribution in [3.05, 3.63) is 60.1 Å². The third kappa shape index (κ3) is 4.29. The lowest BCUT2D eigenvalue weighted by molar-refractivity contribution is -0.130. The van der Waals surface area contributed by atoms with Crippen LogP contribution in [0.25, 0.3) is 0 Å². The molecule has 0 spiro atoms. The summed E-state index contributed by atoms with van der Waals surface area (Å²) in [6, 6.07) is 12.9. The molecule has 1 aromatic heterocycles. The zero-order valence-corrected chi connectivity index (χ0v) is 14.9. The summed E-state index contributed by atoms with van der Waals surface area (Å²) in [6.07, 6.45) is 2.11. The maximum Gasteiger partial charge on any atom is 0.236 e. The monoisotopic (exact) mass is 362 g/mol. The van der Waals surface area contributed by atoms with Crippen LogP contribution in [0.15, 0.2) is 53.1 Å². The maximum atomic E-state index is 12.5. The number of benzene rings is 1. The highest BCUT2D eigenvalue weighted by molar-refractivity contribution is 7.91. The van der Waals surface area contributed by atoms with Gasteiger partial charge in [-0.1, -0.05) is 30.3 Å².